The van der Waals surface area contributed by atoms with Crippen molar-refractivity contribution in [3.63, 3.8) is 0 Å². The van der Waals surface area contributed by atoms with Crippen molar-refractivity contribution in [2.45, 2.75) is 57.9 Å². The third-order valence-corrected chi connectivity index (χ3v) is 3.56. The van der Waals surface area contributed by atoms with E-state index >= 15 is 0 Å². The van der Waals surface area contributed by atoms with Crippen LogP contribution in [0.4, 0.5) is 4.39 Å². The molecule has 1 N–H and O–H groups in total. The third-order valence-electron chi connectivity index (χ3n) is 3.33. The molecule has 98 valence electrons. The Morgan fingerprint density at radius 2 is 2.18 bits per heavy atom. The maximum absolute atomic E-state index is 13.2. The predicted octanol–water partition coefficient (Wildman–Crippen LogP) is 3.90. The van der Waals surface area contributed by atoms with Crippen molar-refractivity contribution in [3.05, 3.63) is 11.4 Å². The average molecular weight is 262 g/mol. The number of rotatable bonds is 6. The van der Waals surface area contributed by atoms with Gasteiger partial charge in [0.2, 0.25) is 5.91 Å². The molecule has 0 radical (unpaired) electrons. The number of amides is 1. The molecule has 0 heterocycles. The number of carbonyl (C=O) groups excluding carboxylic acids is 1. The quantitative estimate of drug-likeness (QED) is 0.772. The van der Waals surface area contributed by atoms with Crippen LogP contribution in [0.1, 0.15) is 51.9 Å². The second-order valence-corrected chi connectivity index (χ2v) is 4.95. The first-order chi connectivity index (χ1) is 8.17. The van der Waals surface area contributed by atoms with Gasteiger partial charge in [-0.15, -0.1) is 0 Å². The fraction of sp³-hybridized carbons (Fsp3) is 0.769. The van der Waals surface area contributed by atoms with Crippen LogP contribution >= 0.6 is 11.6 Å². The summed E-state index contributed by atoms with van der Waals surface area (Å²) >= 11 is 5.35. The Morgan fingerprint density at radius 1 is 1.53 bits per heavy atom. The Kier molecular flexibility index (Phi) is 6.56. The van der Waals surface area contributed by atoms with Gasteiger partial charge < -0.3 is 5.32 Å². The van der Waals surface area contributed by atoms with Gasteiger partial charge in [-0.3, -0.25) is 4.79 Å². The lowest BCUT2D eigenvalue weighted by Crippen LogP contribution is -2.39. The minimum absolute atomic E-state index is 0.0202. The van der Waals surface area contributed by atoms with Crippen molar-refractivity contribution in [1.29, 1.82) is 0 Å². The van der Waals surface area contributed by atoms with E-state index in [9.17, 15) is 9.18 Å². The lowest BCUT2D eigenvalue weighted by atomic mass is 9.94. The van der Waals surface area contributed by atoms with Crippen molar-refractivity contribution >= 4 is 17.5 Å². The molecule has 1 amide bonds. The largest absolute Gasteiger partial charge is 0.353 e. The normalized spacial score (nSPS) is 19.4. The highest BCUT2D eigenvalue weighted by Gasteiger charge is 2.27. The zero-order valence-corrected chi connectivity index (χ0v) is 11.1. The summed E-state index contributed by atoms with van der Waals surface area (Å²) < 4.78 is 13.2. The molecule has 17 heavy (non-hydrogen) atoms. The highest BCUT2D eigenvalue weighted by molar-refractivity contribution is 6.25. The number of halogens is 2. The molecule has 0 aromatic heterocycles. The van der Waals surface area contributed by atoms with Gasteiger partial charge in [-0.05, 0) is 25.2 Å². The van der Waals surface area contributed by atoms with Crippen molar-refractivity contribution in [2.75, 3.05) is 0 Å². The lowest BCUT2D eigenvalue weighted by Gasteiger charge is -2.24. The highest BCUT2D eigenvalue weighted by atomic mass is 35.5. The van der Waals surface area contributed by atoms with Crippen molar-refractivity contribution < 1.29 is 9.18 Å². The highest BCUT2D eigenvalue weighted by Crippen LogP contribution is 2.30. The molecule has 1 fully saturated rings. The Hall–Kier alpha value is -0.570. The first kappa shape index (κ1) is 14.5. The van der Waals surface area contributed by atoms with Gasteiger partial charge in [0.15, 0.2) is 0 Å². The smallest absolute Gasteiger partial charge is 0.220 e. The van der Waals surface area contributed by atoms with Crippen LogP contribution in [0.15, 0.2) is 11.4 Å². The van der Waals surface area contributed by atoms with Crippen LogP contribution < -0.4 is 5.32 Å². The summed E-state index contributed by atoms with van der Waals surface area (Å²) in [5.41, 5.74) is 0.966. The number of hydrogen-bond acceptors (Lipinski definition) is 1. The second kappa shape index (κ2) is 7.70. The van der Waals surface area contributed by atoms with E-state index in [-0.39, 0.29) is 24.2 Å². The molecule has 0 bridgehead atoms. The van der Waals surface area contributed by atoms with Crippen LogP contribution in [0.5, 0.6) is 0 Å². The Morgan fingerprint density at radius 3 is 2.71 bits per heavy atom. The van der Waals surface area contributed by atoms with Crippen LogP contribution in [0.2, 0.25) is 0 Å². The van der Waals surface area contributed by atoms with Crippen LogP contribution in [0.3, 0.4) is 0 Å². The Bertz CT molecular complexity index is 275. The second-order valence-electron chi connectivity index (χ2n) is 4.73. The Balaban J connectivity index is 2.54. The minimum Gasteiger partial charge on any atom is -0.353 e. The topological polar surface area (TPSA) is 29.1 Å². The molecule has 1 atom stereocenters. The zero-order valence-electron chi connectivity index (χ0n) is 10.3. The van der Waals surface area contributed by atoms with Gasteiger partial charge in [-0.1, -0.05) is 31.4 Å². The molecule has 0 saturated heterocycles. The molecular formula is C13H21ClFNO. The monoisotopic (exact) mass is 261 g/mol. The molecular weight excluding hydrogens is 241 g/mol. The van der Waals surface area contributed by atoms with Gasteiger partial charge in [0.05, 0.1) is 0 Å². The van der Waals surface area contributed by atoms with Crippen molar-refractivity contribution in [2.24, 2.45) is 5.92 Å². The van der Waals surface area contributed by atoms with E-state index in [1.165, 1.54) is 12.8 Å². The van der Waals surface area contributed by atoms with Crippen molar-refractivity contribution in [1.82, 2.24) is 5.32 Å². The molecule has 1 rings (SSSR count). The predicted molar refractivity (Wildman–Crippen MR) is 68.5 cm³/mol. The van der Waals surface area contributed by atoms with Crippen LogP contribution in [-0.2, 0) is 4.79 Å². The molecule has 4 heteroatoms. The van der Waals surface area contributed by atoms with Crippen molar-refractivity contribution in [3.8, 4) is 0 Å². The number of nitrogens with one attached hydrogen (secondary N) is 1. The van der Waals surface area contributed by atoms with E-state index in [2.05, 4.69) is 5.32 Å². The summed E-state index contributed by atoms with van der Waals surface area (Å²) in [5, 5.41) is 2.95. The summed E-state index contributed by atoms with van der Waals surface area (Å²) in [6.07, 6.45) is 6.06. The molecule has 2 nitrogen and oxygen atoms in total. The molecule has 1 saturated carbocycles. The molecule has 1 unspecified atom stereocenters. The fourth-order valence-electron chi connectivity index (χ4n) is 2.46. The molecule has 0 aliphatic heterocycles. The third kappa shape index (κ3) is 5.07. The number of carbonyl (C=O) groups is 1. The molecule has 1 aliphatic carbocycles. The number of hydrogen-bond donors (Lipinski definition) is 1. The van der Waals surface area contributed by atoms with E-state index in [4.69, 9.17) is 11.6 Å². The van der Waals surface area contributed by atoms with Gasteiger partial charge in [-0.2, -0.15) is 0 Å². The Labute approximate surface area is 108 Å². The minimum atomic E-state index is -0.347. The molecule has 0 aromatic carbocycles. The molecule has 0 spiro atoms. The summed E-state index contributed by atoms with van der Waals surface area (Å²) in [5.74, 6) is 0.0744. The maximum Gasteiger partial charge on any atom is 0.220 e. The van der Waals surface area contributed by atoms with E-state index in [1.54, 1.807) is 0 Å². The van der Waals surface area contributed by atoms with E-state index in [0.29, 0.717) is 12.3 Å². The van der Waals surface area contributed by atoms with Crippen LogP contribution in [0, 0.1) is 5.92 Å². The summed E-state index contributed by atoms with van der Waals surface area (Å²) in [7, 11) is 0. The van der Waals surface area contributed by atoms with Gasteiger partial charge in [0.1, 0.15) is 5.83 Å². The average Bonchev–Trinajstić information content (AvgIpc) is 2.81. The van der Waals surface area contributed by atoms with E-state index < -0.39 is 0 Å². The first-order valence-electron chi connectivity index (χ1n) is 6.41. The summed E-state index contributed by atoms with van der Waals surface area (Å²) in [6.45, 7) is 1.96. The molecule has 0 aromatic rings. The first-order valence-corrected chi connectivity index (χ1v) is 6.85. The van der Waals surface area contributed by atoms with Gasteiger partial charge in [-0.25, -0.2) is 4.39 Å². The summed E-state index contributed by atoms with van der Waals surface area (Å²) in [4.78, 5) is 11.6. The van der Waals surface area contributed by atoms with Crippen LogP contribution in [-0.4, -0.2) is 11.9 Å². The van der Waals surface area contributed by atoms with Crippen LogP contribution in [0.25, 0.3) is 0 Å². The van der Waals surface area contributed by atoms with E-state index in [1.807, 2.05) is 6.92 Å². The standard InChI is InChI=1S/C13H21ClFNO/c1-2-5-13(17)16-12(8-11(15)9-14)10-6-3-4-7-10/h9-10,12H,2-8H2,1H3,(H,16,17)/b11-9-. The van der Waals surface area contributed by atoms with Gasteiger partial charge in [0, 0.05) is 24.4 Å². The summed E-state index contributed by atoms with van der Waals surface area (Å²) in [6, 6.07) is -0.0912. The van der Waals surface area contributed by atoms with Gasteiger partial charge >= 0.3 is 0 Å². The van der Waals surface area contributed by atoms with Gasteiger partial charge in [0.25, 0.3) is 0 Å². The van der Waals surface area contributed by atoms with E-state index in [0.717, 1.165) is 24.8 Å². The fourth-order valence-corrected chi connectivity index (χ4v) is 2.55. The lowest BCUT2D eigenvalue weighted by molar-refractivity contribution is -0.122. The maximum atomic E-state index is 13.2. The zero-order chi connectivity index (χ0) is 12.7. The SMILES string of the molecule is CCCC(=O)NC(C/C(F)=C/Cl)C1CCCC1. The molecule has 1 aliphatic rings.